The molecular weight excluding hydrogens is 265 g/mol. The third-order valence-corrected chi connectivity index (χ3v) is 3.11. The molecule has 0 radical (unpaired) electrons. The second kappa shape index (κ2) is 4.24. The summed E-state index contributed by atoms with van der Waals surface area (Å²) in [6.07, 6.45) is 0. The van der Waals surface area contributed by atoms with Gasteiger partial charge in [0.2, 0.25) is 0 Å². The molecule has 0 bridgehead atoms. The van der Waals surface area contributed by atoms with Crippen LogP contribution in [0.4, 0.5) is 10.1 Å². The van der Waals surface area contributed by atoms with Gasteiger partial charge in [-0.15, -0.1) is 0 Å². The van der Waals surface area contributed by atoms with Gasteiger partial charge >= 0.3 is 0 Å². The van der Waals surface area contributed by atoms with E-state index in [1.165, 1.54) is 12.1 Å². The maximum absolute atomic E-state index is 13.4. The summed E-state index contributed by atoms with van der Waals surface area (Å²) in [6, 6.07) is 8.15. The number of benzene rings is 2. The van der Waals surface area contributed by atoms with Crippen LogP contribution in [0.2, 0.25) is 5.02 Å². The van der Waals surface area contributed by atoms with Crippen LogP contribution in [0.3, 0.4) is 0 Å². The summed E-state index contributed by atoms with van der Waals surface area (Å²) in [5.74, 6) is 0.285. The van der Waals surface area contributed by atoms with Gasteiger partial charge < -0.3 is 10.7 Å². The van der Waals surface area contributed by atoms with Gasteiger partial charge in [-0.3, -0.25) is 0 Å². The van der Waals surface area contributed by atoms with E-state index in [-0.39, 0.29) is 5.82 Å². The number of H-pyrrole nitrogens is 1. The Morgan fingerprint density at radius 2 is 2.00 bits per heavy atom. The van der Waals surface area contributed by atoms with E-state index >= 15 is 0 Å². The maximum Gasteiger partial charge on any atom is 0.138 e. The van der Waals surface area contributed by atoms with E-state index < -0.39 is 0 Å². The smallest absolute Gasteiger partial charge is 0.138 e. The molecule has 2 aromatic carbocycles. The molecule has 3 aromatic rings. The summed E-state index contributed by atoms with van der Waals surface area (Å²) in [6.45, 7) is 1.83. The van der Waals surface area contributed by atoms with Gasteiger partial charge in [-0.05, 0) is 42.8 Å². The van der Waals surface area contributed by atoms with E-state index in [2.05, 4.69) is 9.97 Å². The molecule has 0 saturated heterocycles. The molecule has 0 amide bonds. The largest absolute Gasteiger partial charge is 0.397 e. The highest BCUT2D eigenvalue weighted by molar-refractivity contribution is 6.31. The van der Waals surface area contributed by atoms with Crippen LogP contribution >= 0.6 is 11.6 Å². The van der Waals surface area contributed by atoms with Gasteiger partial charge in [0.25, 0.3) is 0 Å². The molecule has 0 aliphatic heterocycles. The molecule has 0 aliphatic rings. The topological polar surface area (TPSA) is 54.7 Å². The number of nitrogen functional groups attached to an aromatic ring is 1. The van der Waals surface area contributed by atoms with Crippen LogP contribution in [0.25, 0.3) is 22.4 Å². The summed E-state index contributed by atoms with van der Waals surface area (Å²) in [5, 5.41) is 0.538. The molecule has 1 heterocycles. The zero-order chi connectivity index (χ0) is 13.6. The fourth-order valence-corrected chi connectivity index (χ4v) is 2.34. The van der Waals surface area contributed by atoms with Gasteiger partial charge in [-0.2, -0.15) is 0 Å². The molecule has 3 rings (SSSR count). The molecule has 5 heteroatoms. The summed E-state index contributed by atoms with van der Waals surface area (Å²) < 4.78 is 13.4. The van der Waals surface area contributed by atoms with Crippen LogP contribution in [0.15, 0.2) is 30.3 Å². The third kappa shape index (κ3) is 2.15. The fourth-order valence-electron chi connectivity index (χ4n) is 2.12. The Labute approximate surface area is 114 Å². The molecule has 0 fully saturated rings. The fraction of sp³-hybridized carbons (Fsp3) is 0.0714. The molecule has 0 spiro atoms. The second-order valence-electron chi connectivity index (χ2n) is 4.49. The van der Waals surface area contributed by atoms with E-state index in [1.54, 1.807) is 12.1 Å². The molecule has 19 heavy (non-hydrogen) atoms. The van der Waals surface area contributed by atoms with Crippen molar-refractivity contribution in [3.05, 3.63) is 46.7 Å². The molecule has 0 unspecified atom stereocenters. The number of aryl methyl sites for hydroxylation is 1. The number of fused-ring (bicyclic) bond motifs is 1. The van der Waals surface area contributed by atoms with Crippen molar-refractivity contribution in [3.63, 3.8) is 0 Å². The Morgan fingerprint density at radius 3 is 2.74 bits per heavy atom. The first-order chi connectivity index (χ1) is 9.02. The van der Waals surface area contributed by atoms with Crippen molar-refractivity contribution in [2.24, 2.45) is 0 Å². The number of nitrogens with zero attached hydrogens (tertiary/aromatic N) is 1. The van der Waals surface area contributed by atoms with Crippen molar-refractivity contribution in [1.82, 2.24) is 9.97 Å². The van der Waals surface area contributed by atoms with Crippen molar-refractivity contribution >= 4 is 28.3 Å². The highest BCUT2D eigenvalue weighted by atomic mass is 35.5. The van der Waals surface area contributed by atoms with Crippen LogP contribution in [0.1, 0.15) is 5.56 Å². The lowest BCUT2D eigenvalue weighted by Crippen LogP contribution is -1.86. The predicted octanol–water partition coefficient (Wildman–Crippen LogP) is 3.91. The van der Waals surface area contributed by atoms with Gasteiger partial charge in [-0.1, -0.05) is 11.6 Å². The quantitative estimate of drug-likeness (QED) is 0.662. The molecule has 0 atom stereocenters. The van der Waals surface area contributed by atoms with Crippen LogP contribution in [-0.4, -0.2) is 9.97 Å². The first-order valence-electron chi connectivity index (χ1n) is 5.75. The summed E-state index contributed by atoms with van der Waals surface area (Å²) in [4.78, 5) is 7.51. The summed E-state index contributed by atoms with van der Waals surface area (Å²) in [7, 11) is 0. The van der Waals surface area contributed by atoms with Crippen LogP contribution in [0.5, 0.6) is 0 Å². The SMILES string of the molecule is Cc1cc(F)cc(-c2nc3c(N)cc(Cl)cc3[nH]2)c1. The minimum atomic E-state index is -0.290. The van der Waals surface area contributed by atoms with Crippen LogP contribution < -0.4 is 5.73 Å². The summed E-state index contributed by atoms with van der Waals surface area (Å²) >= 11 is 5.94. The lowest BCUT2D eigenvalue weighted by Gasteiger charge is -1.99. The number of imidazole rings is 1. The molecular formula is C14H11ClFN3. The Balaban J connectivity index is 2.23. The average Bonchev–Trinajstić information content (AvgIpc) is 2.71. The highest BCUT2D eigenvalue weighted by Gasteiger charge is 2.10. The number of nitrogens with two attached hydrogens (primary N) is 1. The highest BCUT2D eigenvalue weighted by Crippen LogP contribution is 2.28. The number of rotatable bonds is 1. The number of aromatic nitrogens is 2. The van der Waals surface area contributed by atoms with Crippen molar-refractivity contribution in [1.29, 1.82) is 0 Å². The number of aromatic amines is 1. The van der Waals surface area contributed by atoms with Crippen molar-refractivity contribution in [2.45, 2.75) is 6.92 Å². The van der Waals surface area contributed by atoms with E-state index in [0.717, 1.165) is 11.1 Å². The monoisotopic (exact) mass is 275 g/mol. The van der Waals surface area contributed by atoms with Crippen molar-refractivity contribution in [3.8, 4) is 11.4 Å². The number of halogens is 2. The van der Waals surface area contributed by atoms with Gasteiger partial charge in [-0.25, -0.2) is 9.37 Å². The van der Waals surface area contributed by atoms with Gasteiger partial charge in [0.05, 0.1) is 11.2 Å². The lowest BCUT2D eigenvalue weighted by atomic mass is 10.1. The molecule has 3 N–H and O–H groups in total. The van der Waals surface area contributed by atoms with E-state index in [1.807, 2.05) is 13.0 Å². The standard InChI is InChI=1S/C14H11ClFN3/c1-7-2-8(4-10(16)3-7)14-18-12-6-9(15)5-11(17)13(12)19-14/h2-6H,17H2,1H3,(H,18,19). The number of hydrogen-bond acceptors (Lipinski definition) is 2. The zero-order valence-electron chi connectivity index (χ0n) is 10.2. The predicted molar refractivity (Wildman–Crippen MR) is 75.6 cm³/mol. The van der Waals surface area contributed by atoms with Gasteiger partial charge in [0, 0.05) is 10.6 Å². The maximum atomic E-state index is 13.4. The molecule has 3 nitrogen and oxygen atoms in total. The molecule has 0 saturated carbocycles. The zero-order valence-corrected chi connectivity index (χ0v) is 10.9. The Bertz CT molecular complexity index is 759. The Hall–Kier alpha value is -2.07. The average molecular weight is 276 g/mol. The van der Waals surface area contributed by atoms with Gasteiger partial charge in [0.1, 0.15) is 17.2 Å². The van der Waals surface area contributed by atoms with Crippen molar-refractivity contribution in [2.75, 3.05) is 5.73 Å². The first-order valence-corrected chi connectivity index (χ1v) is 6.13. The molecule has 1 aromatic heterocycles. The molecule has 96 valence electrons. The number of hydrogen-bond donors (Lipinski definition) is 2. The van der Waals surface area contributed by atoms with Gasteiger partial charge in [0.15, 0.2) is 0 Å². The van der Waals surface area contributed by atoms with E-state index in [0.29, 0.717) is 27.6 Å². The molecule has 0 aliphatic carbocycles. The Kier molecular flexibility index (Phi) is 2.68. The number of nitrogens with one attached hydrogen (secondary N) is 1. The first kappa shape index (κ1) is 12.0. The normalized spacial score (nSPS) is 11.1. The third-order valence-electron chi connectivity index (χ3n) is 2.90. The minimum absolute atomic E-state index is 0.290. The lowest BCUT2D eigenvalue weighted by molar-refractivity contribution is 0.627. The Morgan fingerprint density at radius 1 is 1.21 bits per heavy atom. The van der Waals surface area contributed by atoms with Crippen molar-refractivity contribution < 1.29 is 4.39 Å². The minimum Gasteiger partial charge on any atom is -0.397 e. The van der Waals surface area contributed by atoms with E-state index in [9.17, 15) is 4.39 Å². The van der Waals surface area contributed by atoms with Crippen LogP contribution in [0, 0.1) is 12.7 Å². The van der Waals surface area contributed by atoms with E-state index in [4.69, 9.17) is 17.3 Å². The van der Waals surface area contributed by atoms with Crippen LogP contribution in [-0.2, 0) is 0 Å². The summed E-state index contributed by atoms with van der Waals surface area (Å²) in [5.41, 5.74) is 9.26. The number of anilines is 1. The second-order valence-corrected chi connectivity index (χ2v) is 4.93.